The van der Waals surface area contributed by atoms with Crippen molar-refractivity contribution in [2.45, 2.75) is 0 Å². The number of nitrogens with one attached hydrogen (secondary N) is 1. The smallest absolute Gasteiger partial charge is 0.148 e. The second-order valence-electron chi connectivity index (χ2n) is 3.63. The molecule has 0 fully saturated rings. The molecular formula is C13H10N2O. The molecule has 2 N–H and O–H groups in total. The Bertz CT molecular complexity index is 629. The average molecular weight is 210 g/mol. The molecule has 0 aliphatic heterocycles. The second kappa shape index (κ2) is 3.38. The fourth-order valence-corrected chi connectivity index (χ4v) is 1.85. The number of hydrogen-bond donors (Lipinski definition) is 2. The van der Waals surface area contributed by atoms with E-state index in [1.165, 1.54) is 0 Å². The third-order valence-corrected chi connectivity index (χ3v) is 2.65. The lowest BCUT2D eigenvalue weighted by atomic mass is 10.1. The highest BCUT2D eigenvalue weighted by atomic mass is 16.3. The Balaban J connectivity index is 2.29. The summed E-state index contributed by atoms with van der Waals surface area (Å²) in [6.45, 7) is 0. The van der Waals surface area contributed by atoms with Gasteiger partial charge in [-0.25, -0.2) is 0 Å². The number of para-hydroxylation sites is 1. The van der Waals surface area contributed by atoms with Crippen molar-refractivity contribution in [3.8, 4) is 17.0 Å². The number of benzene rings is 1. The van der Waals surface area contributed by atoms with Gasteiger partial charge in [-0.1, -0.05) is 12.1 Å². The molecule has 2 aromatic heterocycles. The van der Waals surface area contributed by atoms with Crippen molar-refractivity contribution < 1.29 is 5.11 Å². The molecular weight excluding hydrogens is 200 g/mol. The van der Waals surface area contributed by atoms with Gasteiger partial charge in [0.25, 0.3) is 0 Å². The van der Waals surface area contributed by atoms with Crippen LogP contribution in [0.2, 0.25) is 0 Å². The molecule has 0 radical (unpaired) electrons. The number of H-pyrrole nitrogens is 1. The molecule has 0 aliphatic rings. The Morgan fingerprint density at radius 2 is 1.75 bits per heavy atom. The Kier molecular flexibility index (Phi) is 1.90. The third-order valence-electron chi connectivity index (χ3n) is 2.65. The van der Waals surface area contributed by atoms with Crippen molar-refractivity contribution in [3.63, 3.8) is 0 Å². The zero-order chi connectivity index (χ0) is 11.0. The lowest BCUT2D eigenvalue weighted by molar-refractivity contribution is 0.483. The molecule has 3 nitrogen and oxygen atoms in total. The molecule has 0 amide bonds. The van der Waals surface area contributed by atoms with Crippen molar-refractivity contribution in [1.82, 2.24) is 9.97 Å². The summed E-state index contributed by atoms with van der Waals surface area (Å²) in [6, 6.07) is 11.4. The first-order valence-electron chi connectivity index (χ1n) is 5.06. The highest BCUT2D eigenvalue weighted by Gasteiger charge is 2.10. The first-order chi connectivity index (χ1) is 7.86. The standard InChI is InChI=1S/C13H10N2O/c16-13-10-3-1-2-4-11(10)15-12(13)9-5-7-14-8-6-9/h1-8,15-16H. The van der Waals surface area contributed by atoms with Gasteiger partial charge in [0.1, 0.15) is 5.75 Å². The van der Waals surface area contributed by atoms with E-state index in [0.717, 1.165) is 22.2 Å². The van der Waals surface area contributed by atoms with E-state index < -0.39 is 0 Å². The number of rotatable bonds is 1. The molecule has 16 heavy (non-hydrogen) atoms. The van der Waals surface area contributed by atoms with Gasteiger partial charge in [0.2, 0.25) is 0 Å². The van der Waals surface area contributed by atoms with E-state index in [2.05, 4.69) is 9.97 Å². The minimum atomic E-state index is 0.293. The van der Waals surface area contributed by atoms with Crippen molar-refractivity contribution >= 4 is 10.9 Å². The maximum absolute atomic E-state index is 10.1. The quantitative estimate of drug-likeness (QED) is 0.648. The summed E-state index contributed by atoms with van der Waals surface area (Å²) < 4.78 is 0. The van der Waals surface area contributed by atoms with Crippen LogP contribution in [0, 0.1) is 0 Å². The van der Waals surface area contributed by atoms with Crippen LogP contribution in [0.4, 0.5) is 0 Å². The Morgan fingerprint density at radius 3 is 2.50 bits per heavy atom. The summed E-state index contributed by atoms with van der Waals surface area (Å²) in [6.07, 6.45) is 3.42. The summed E-state index contributed by atoms with van der Waals surface area (Å²) in [5, 5.41) is 10.9. The zero-order valence-electron chi connectivity index (χ0n) is 8.51. The largest absolute Gasteiger partial charge is 0.505 e. The van der Waals surface area contributed by atoms with Gasteiger partial charge in [-0.15, -0.1) is 0 Å². The monoisotopic (exact) mass is 210 g/mol. The van der Waals surface area contributed by atoms with E-state index in [9.17, 15) is 5.11 Å². The second-order valence-corrected chi connectivity index (χ2v) is 3.63. The van der Waals surface area contributed by atoms with Crippen LogP contribution in [0.5, 0.6) is 5.75 Å². The number of aromatic hydroxyl groups is 1. The third kappa shape index (κ3) is 1.26. The van der Waals surface area contributed by atoms with Crippen LogP contribution in [0.25, 0.3) is 22.2 Å². The molecule has 1 aromatic carbocycles. The van der Waals surface area contributed by atoms with Crippen molar-refractivity contribution in [2.24, 2.45) is 0 Å². The fourth-order valence-electron chi connectivity index (χ4n) is 1.85. The molecule has 3 heteroatoms. The summed E-state index contributed by atoms with van der Waals surface area (Å²) in [5.74, 6) is 0.293. The first kappa shape index (κ1) is 8.97. The molecule has 78 valence electrons. The van der Waals surface area contributed by atoms with Crippen LogP contribution in [-0.4, -0.2) is 15.1 Å². The van der Waals surface area contributed by atoms with Crippen LogP contribution in [-0.2, 0) is 0 Å². The number of hydrogen-bond acceptors (Lipinski definition) is 2. The van der Waals surface area contributed by atoms with E-state index in [1.807, 2.05) is 36.4 Å². The van der Waals surface area contributed by atoms with Crippen molar-refractivity contribution in [2.75, 3.05) is 0 Å². The van der Waals surface area contributed by atoms with Crippen molar-refractivity contribution in [3.05, 3.63) is 48.8 Å². The molecule has 0 spiro atoms. The van der Waals surface area contributed by atoms with Crippen LogP contribution >= 0.6 is 0 Å². The van der Waals surface area contributed by atoms with E-state index in [4.69, 9.17) is 0 Å². The molecule has 0 saturated carbocycles. The van der Waals surface area contributed by atoms with Gasteiger partial charge in [-0.05, 0) is 24.3 Å². The van der Waals surface area contributed by atoms with E-state index in [0.29, 0.717) is 5.75 Å². The molecule has 0 aliphatic carbocycles. The Hall–Kier alpha value is -2.29. The molecule has 3 rings (SSSR count). The molecule has 0 bridgehead atoms. The zero-order valence-corrected chi connectivity index (χ0v) is 8.51. The lowest BCUT2D eigenvalue weighted by Gasteiger charge is -1.97. The summed E-state index contributed by atoms with van der Waals surface area (Å²) in [7, 11) is 0. The maximum Gasteiger partial charge on any atom is 0.148 e. The normalized spacial score (nSPS) is 10.8. The first-order valence-corrected chi connectivity index (χ1v) is 5.06. The van der Waals surface area contributed by atoms with Crippen molar-refractivity contribution in [1.29, 1.82) is 0 Å². The SMILES string of the molecule is Oc1c(-c2ccncc2)[nH]c2ccccc12. The minimum Gasteiger partial charge on any atom is -0.505 e. The van der Waals surface area contributed by atoms with Gasteiger partial charge in [-0.3, -0.25) is 4.98 Å². The fraction of sp³-hybridized carbons (Fsp3) is 0. The molecule has 0 saturated heterocycles. The van der Waals surface area contributed by atoms with Gasteiger partial charge in [-0.2, -0.15) is 0 Å². The molecule has 2 heterocycles. The van der Waals surface area contributed by atoms with Gasteiger partial charge in [0, 0.05) is 28.9 Å². The topological polar surface area (TPSA) is 48.9 Å². The molecule has 0 atom stereocenters. The maximum atomic E-state index is 10.1. The summed E-state index contributed by atoms with van der Waals surface area (Å²) in [4.78, 5) is 7.16. The van der Waals surface area contributed by atoms with Crippen LogP contribution in [0.3, 0.4) is 0 Å². The highest BCUT2D eigenvalue weighted by molar-refractivity contribution is 5.93. The molecule has 0 unspecified atom stereocenters. The molecule has 3 aromatic rings. The number of pyridine rings is 1. The van der Waals surface area contributed by atoms with E-state index >= 15 is 0 Å². The lowest BCUT2D eigenvalue weighted by Crippen LogP contribution is -1.77. The van der Waals surface area contributed by atoms with Gasteiger partial charge in [0.15, 0.2) is 0 Å². The highest BCUT2D eigenvalue weighted by Crippen LogP contribution is 2.35. The Morgan fingerprint density at radius 1 is 1.00 bits per heavy atom. The number of aromatic amines is 1. The van der Waals surface area contributed by atoms with Gasteiger partial charge >= 0.3 is 0 Å². The average Bonchev–Trinajstić information content (AvgIpc) is 2.69. The van der Waals surface area contributed by atoms with E-state index in [-0.39, 0.29) is 0 Å². The van der Waals surface area contributed by atoms with E-state index in [1.54, 1.807) is 12.4 Å². The summed E-state index contributed by atoms with van der Waals surface area (Å²) in [5.41, 5.74) is 2.61. The van der Waals surface area contributed by atoms with Gasteiger partial charge in [0.05, 0.1) is 5.69 Å². The van der Waals surface area contributed by atoms with Crippen LogP contribution < -0.4 is 0 Å². The predicted octanol–water partition coefficient (Wildman–Crippen LogP) is 2.94. The minimum absolute atomic E-state index is 0.293. The van der Waals surface area contributed by atoms with Crippen LogP contribution in [0.15, 0.2) is 48.8 Å². The van der Waals surface area contributed by atoms with Gasteiger partial charge < -0.3 is 10.1 Å². The number of fused-ring (bicyclic) bond motifs is 1. The Labute approximate surface area is 92.4 Å². The number of nitrogens with zero attached hydrogens (tertiary/aromatic N) is 1. The predicted molar refractivity (Wildman–Crippen MR) is 63.2 cm³/mol. The number of aromatic nitrogens is 2. The van der Waals surface area contributed by atoms with Crippen LogP contribution in [0.1, 0.15) is 0 Å². The summed E-state index contributed by atoms with van der Waals surface area (Å²) >= 11 is 0.